The molecule has 4 heteroatoms. The number of rotatable bonds is 14. The minimum absolute atomic E-state index is 0.239. The number of unbranched alkanes of at least 4 members (excludes halogenated alkanes) is 2. The average Bonchev–Trinajstić information content (AvgIpc) is 3.43. The molecule has 0 radical (unpaired) electrons. The van der Waals surface area contributed by atoms with Crippen molar-refractivity contribution < 1.29 is 5.11 Å². The van der Waals surface area contributed by atoms with Gasteiger partial charge in [-0.2, -0.15) is 0 Å². The number of aromatic hydroxyl groups is 1. The second-order valence-electron chi connectivity index (χ2n) is 13.1. The van der Waals surface area contributed by atoms with Gasteiger partial charge < -0.3 is 9.67 Å². The summed E-state index contributed by atoms with van der Waals surface area (Å²) in [6.07, 6.45) is 12.4. The van der Waals surface area contributed by atoms with E-state index >= 15 is 0 Å². The number of hydrogen-bond donors (Lipinski definition) is 1. The molecule has 0 amide bonds. The van der Waals surface area contributed by atoms with Crippen molar-refractivity contribution in [3.63, 3.8) is 0 Å². The maximum Gasteiger partial charge on any atom is 0.140 e. The molecule has 1 atom stereocenters. The number of phenols is 1. The van der Waals surface area contributed by atoms with E-state index in [4.69, 9.17) is 4.98 Å². The summed E-state index contributed by atoms with van der Waals surface area (Å²) in [4.78, 5) is 8.32. The van der Waals surface area contributed by atoms with Gasteiger partial charge >= 0.3 is 0 Å². The summed E-state index contributed by atoms with van der Waals surface area (Å²) >= 11 is 0. The van der Waals surface area contributed by atoms with Crippen LogP contribution < -0.4 is 0 Å². The van der Waals surface area contributed by atoms with Crippen molar-refractivity contribution in [1.29, 1.82) is 0 Å². The first-order valence-corrected chi connectivity index (χ1v) is 17.2. The molecule has 0 unspecified atom stereocenters. The molecule has 1 saturated carbocycles. The van der Waals surface area contributed by atoms with Crippen molar-refractivity contribution in [3.05, 3.63) is 95.2 Å². The highest BCUT2D eigenvalue weighted by Gasteiger charge is 2.32. The third kappa shape index (κ3) is 7.64. The fourth-order valence-electron chi connectivity index (χ4n) is 7.23. The molecule has 0 bridgehead atoms. The van der Waals surface area contributed by atoms with Crippen LogP contribution in [0, 0.1) is 19.8 Å². The highest BCUT2D eigenvalue weighted by atomic mass is 16.3. The number of benzene rings is 3. The number of imidazole rings is 1. The Labute approximate surface area is 266 Å². The lowest BCUT2D eigenvalue weighted by Crippen LogP contribution is -2.35. The Hall–Kier alpha value is -3.37. The van der Waals surface area contributed by atoms with Gasteiger partial charge in [0.2, 0.25) is 0 Å². The third-order valence-corrected chi connectivity index (χ3v) is 9.56. The summed E-state index contributed by atoms with van der Waals surface area (Å²) < 4.78 is 2.59. The Kier molecular flexibility index (Phi) is 11.3. The van der Waals surface area contributed by atoms with E-state index in [1.807, 2.05) is 13.8 Å². The smallest absolute Gasteiger partial charge is 0.140 e. The molecule has 4 aromatic rings. The average molecular weight is 592 g/mol. The van der Waals surface area contributed by atoms with Gasteiger partial charge in [-0.05, 0) is 62.1 Å². The van der Waals surface area contributed by atoms with Crippen LogP contribution in [0.3, 0.4) is 0 Å². The van der Waals surface area contributed by atoms with Gasteiger partial charge in [0.05, 0.1) is 17.4 Å². The molecular weight excluding hydrogens is 538 g/mol. The Morgan fingerprint density at radius 1 is 0.841 bits per heavy atom. The van der Waals surface area contributed by atoms with Crippen LogP contribution in [-0.4, -0.2) is 26.1 Å². The molecule has 1 aromatic heterocycles. The van der Waals surface area contributed by atoms with Crippen LogP contribution in [0.5, 0.6) is 5.75 Å². The van der Waals surface area contributed by atoms with E-state index in [1.54, 1.807) is 0 Å². The quantitative estimate of drug-likeness (QED) is 0.159. The van der Waals surface area contributed by atoms with Crippen molar-refractivity contribution in [2.75, 3.05) is 6.54 Å². The lowest BCUT2D eigenvalue weighted by Gasteiger charge is -2.37. The lowest BCUT2D eigenvalue weighted by atomic mass is 9.87. The Balaban J connectivity index is 1.70. The molecule has 0 spiro atoms. The zero-order valence-electron chi connectivity index (χ0n) is 27.6. The van der Waals surface area contributed by atoms with Gasteiger partial charge in [0.1, 0.15) is 11.6 Å². The molecular formula is C40H53N3O. The molecule has 1 fully saturated rings. The molecule has 3 aromatic carbocycles. The minimum Gasteiger partial charge on any atom is -0.507 e. The molecule has 1 aliphatic rings. The first-order valence-electron chi connectivity index (χ1n) is 17.2. The molecule has 1 heterocycles. The lowest BCUT2D eigenvalue weighted by molar-refractivity contribution is 0.127. The Morgan fingerprint density at radius 2 is 1.45 bits per heavy atom. The van der Waals surface area contributed by atoms with Gasteiger partial charge in [-0.25, -0.2) is 4.98 Å². The minimum atomic E-state index is 0.239. The topological polar surface area (TPSA) is 41.3 Å². The molecule has 0 aliphatic heterocycles. The summed E-state index contributed by atoms with van der Waals surface area (Å²) in [5.74, 6) is 2.22. The zero-order valence-corrected chi connectivity index (χ0v) is 27.6. The van der Waals surface area contributed by atoms with Crippen molar-refractivity contribution in [1.82, 2.24) is 14.5 Å². The van der Waals surface area contributed by atoms with Gasteiger partial charge in [0.15, 0.2) is 0 Å². The van der Waals surface area contributed by atoms with Gasteiger partial charge in [-0.3, -0.25) is 4.90 Å². The number of aryl methyl sites for hydroxylation is 2. The largest absolute Gasteiger partial charge is 0.507 e. The second-order valence-corrected chi connectivity index (χ2v) is 13.1. The van der Waals surface area contributed by atoms with Crippen LogP contribution in [0.15, 0.2) is 72.8 Å². The van der Waals surface area contributed by atoms with Crippen molar-refractivity contribution in [3.8, 4) is 28.4 Å². The van der Waals surface area contributed by atoms with Gasteiger partial charge in [0.25, 0.3) is 0 Å². The van der Waals surface area contributed by atoms with E-state index in [-0.39, 0.29) is 6.04 Å². The molecule has 1 aliphatic carbocycles. The maximum atomic E-state index is 10.6. The maximum absolute atomic E-state index is 10.6. The van der Waals surface area contributed by atoms with Crippen LogP contribution in [0.25, 0.3) is 22.6 Å². The van der Waals surface area contributed by atoms with Gasteiger partial charge in [0, 0.05) is 30.8 Å². The van der Waals surface area contributed by atoms with E-state index in [0.29, 0.717) is 11.7 Å². The van der Waals surface area contributed by atoms with E-state index in [9.17, 15) is 5.11 Å². The SMILES string of the molecule is CCCC[C@H](c1c(-c2ccccc2)nc(-c2ccccc2)n1CCCC)N(Cc1cc(C)c(O)c(C)c1)CC1CCCCC1. The van der Waals surface area contributed by atoms with Crippen LogP contribution >= 0.6 is 0 Å². The van der Waals surface area contributed by atoms with E-state index < -0.39 is 0 Å². The summed E-state index contributed by atoms with van der Waals surface area (Å²) in [7, 11) is 0. The monoisotopic (exact) mass is 591 g/mol. The van der Waals surface area contributed by atoms with Crippen molar-refractivity contribution in [2.24, 2.45) is 5.92 Å². The first-order chi connectivity index (χ1) is 21.5. The standard InChI is InChI=1S/C40H53N3O/c1-5-7-24-36(42(28-32-18-12-9-13-19-32)29-33-26-30(3)39(44)31(4)27-33)38-37(34-20-14-10-15-21-34)41-40(43(38)25-8-6-2)35-22-16-11-17-23-35/h10-11,14-17,20-23,26-27,32,36,44H,5-9,12-13,18-19,24-25,28-29H2,1-4H3/t36-/m1/s1. The zero-order chi connectivity index (χ0) is 30.9. The summed E-state index contributed by atoms with van der Waals surface area (Å²) in [5, 5.41) is 10.6. The van der Waals surface area contributed by atoms with E-state index in [0.717, 1.165) is 61.5 Å². The molecule has 44 heavy (non-hydrogen) atoms. The molecule has 0 saturated heterocycles. The van der Waals surface area contributed by atoms with Gasteiger partial charge in [-0.1, -0.05) is 125 Å². The predicted octanol–water partition coefficient (Wildman–Crippen LogP) is 10.7. The summed E-state index contributed by atoms with van der Waals surface area (Å²) in [6, 6.07) is 26.3. The number of phenolic OH excluding ortho intramolecular Hbond substituents is 1. The highest BCUT2D eigenvalue weighted by molar-refractivity contribution is 5.69. The molecule has 234 valence electrons. The third-order valence-electron chi connectivity index (χ3n) is 9.56. The van der Waals surface area contributed by atoms with Gasteiger partial charge in [-0.15, -0.1) is 0 Å². The fourth-order valence-corrected chi connectivity index (χ4v) is 7.23. The Morgan fingerprint density at radius 3 is 2.07 bits per heavy atom. The van der Waals surface area contributed by atoms with Crippen LogP contribution in [0.2, 0.25) is 0 Å². The normalized spacial score (nSPS) is 14.8. The summed E-state index contributed by atoms with van der Waals surface area (Å²) in [6.45, 7) is 11.6. The van der Waals surface area contributed by atoms with E-state index in [2.05, 4.69) is 96.1 Å². The van der Waals surface area contributed by atoms with Crippen LogP contribution in [0.1, 0.15) is 106 Å². The van der Waals surface area contributed by atoms with E-state index in [1.165, 1.54) is 67.3 Å². The van der Waals surface area contributed by atoms with Crippen LogP contribution in [0.4, 0.5) is 0 Å². The van der Waals surface area contributed by atoms with Crippen molar-refractivity contribution in [2.45, 2.75) is 111 Å². The first kappa shape index (κ1) is 32.0. The second kappa shape index (κ2) is 15.6. The van der Waals surface area contributed by atoms with Crippen LogP contribution in [-0.2, 0) is 13.1 Å². The predicted molar refractivity (Wildman–Crippen MR) is 185 cm³/mol. The number of hydrogen-bond acceptors (Lipinski definition) is 3. The van der Waals surface area contributed by atoms with Crippen molar-refractivity contribution >= 4 is 0 Å². The summed E-state index contributed by atoms with van der Waals surface area (Å²) in [5.41, 5.74) is 8.11. The number of aromatic nitrogens is 2. The Bertz CT molecular complexity index is 1430. The molecule has 4 nitrogen and oxygen atoms in total. The fraction of sp³-hybridized carbons (Fsp3) is 0.475. The highest BCUT2D eigenvalue weighted by Crippen LogP contribution is 2.40. The number of nitrogens with zero attached hydrogens (tertiary/aromatic N) is 3. The molecule has 5 rings (SSSR count). The molecule has 1 N–H and O–H groups in total.